The molecule has 0 bridgehead atoms. The molecule has 0 heterocycles. The molecule has 1 aromatic rings. The first-order valence-corrected chi connectivity index (χ1v) is 4.02. The van der Waals surface area contributed by atoms with Crippen LogP contribution in [0.1, 0.15) is 24.1 Å². The third-order valence-corrected chi connectivity index (χ3v) is 1.82. The highest BCUT2D eigenvalue weighted by atomic mass is 16.6. The Hall–Kier alpha value is -1.42. The van der Waals surface area contributed by atoms with Gasteiger partial charge in [-0.05, 0) is 25.0 Å². The molecule has 1 aromatic carbocycles. The van der Waals surface area contributed by atoms with E-state index in [4.69, 9.17) is 5.73 Å². The molecule has 70 valence electrons. The van der Waals surface area contributed by atoms with Gasteiger partial charge in [-0.25, -0.2) is 0 Å². The van der Waals surface area contributed by atoms with Crippen LogP contribution >= 0.6 is 0 Å². The maximum Gasteiger partial charge on any atom is 0.270 e. The summed E-state index contributed by atoms with van der Waals surface area (Å²) < 4.78 is 0. The van der Waals surface area contributed by atoms with Crippen LogP contribution in [-0.4, -0.2) is 4.92 Å². The average Bonchev–Trinajstić information content (AvgIpc) is 2.03. The van der Waals surface area contributed by atoms with Crippen molar-refractivity contribution in [2.45, 2.75) is 19.9 Å². The molecule has 1 rings (SSSR count). The summed E-state index contributed by atoms with van der Waals surface area (Å²) in [5, 5.41) is 10.5. The number of nitrogens with zero attached hydrogens (tertiary/aromatic N) is 1. The van der Waals surface area contributed by atoms with Crippen molar-refractivity contribution in [3.8, 4) is 0 Å². The number of rotatable bonds is 2. The lowest BCUT2D eigenvalue weighted by Gasteiger charge is -2.05. The van der Waals surface area contributed by atoms with Crippen LogP contribution in [0.2, 0.25) is 0 Å². The molecule has 0 saturated carbocycles. The Balaban J connectivity index is 3.19. The van der Waals surface area contributed by atoms with E-state index in [2.05, 4.69) is 0 Å². The van der Waals surface area contributed by atoms with E-state index in [0.29, 0.717) is 0 Å². The van der Waals surface area contributed by atoms with Crippen LogP contribution < -0.4 is 5.73 Å². The van der Waals surface area contributed by atoms with Gasteiger partial charge in [0.2, 0.25) is 0 Å². The van der Waals surface area contributed by atoms with Crippen LogP contribution in [0, 0.1) is 17.0 Å². The molecule has 0 aliphatic carbocycles. The maximum atomic E-state index is 10.5. The second-order valence-corrected chi connectivity index (χ2v) is 3.15. The smallest absolute Gasteiger partial charge is 0.270 e. The molecule has 0 saturated heterocycles. The number of nitro benzene ring substituents is 1. The molecule has 4 heteroatoms. The Morgan fingerprint density at radius 1 is 1.46 bits per heavy atom. The number of hydrogen-bond acceptors (Lipinski definition) is 3. The molecular formula is C9H12N2O2. The molecular weight excluding hydrogens is 168 g/mol. The van der Waals surface area contributed by atoms with Crippen molar-refractivity contribution >= 4 is 5.69 Å². The van der Waals surface area contributed by atoms with E-state index in [-0.39, 0.29) is 11.7 Å². The molecule has 0 radical (unpaired) electrons. The second-order valence-electron chi connectivity index (χ2n) is 3.15. The van der Waals surface area contributed by atoms with Crippen LogP contribution in [0.5, 0.6) is 0 Å². The molecule has 0 aromatic heterocycles. The van der Waals surface area contributed by atoms with Gasteiger partial charge in [0.25, 0.3) is 5.69 Å². The lowest BCUT2D eigenvalue weighted by Crippen LogP contribution is -2.05. The molecule has 1 atom stereocenters. The third-order valence-electron chi connectivity index (χ3n) is 1.82. The van der Waals surface area contributed by atoms with E-state index in [1.54, 1.807) is 6.92 Å². The van der Waals surface area contributed by atoms with Gasteiger partial charge in [0.05, 0.1) is 4.92 Å². The van der Waals surface area contributed by atoms with Gasteiger partial charge in [-0.1, -0.05) is 6.07 Å². The van der Waals surface area contributed by atoms with E-state index < -0.39 is 4.92 Å². The molecule has 0 aliphatic heterocycles. The summed E-state index contributed by atoms with van der Waals surface area (Å²) in [5.41, 5.74) is 7.39. The topological polar surface area (TPSA) is 69.2 Å². The molecule has 0 amide bonds. The van der Waals surface area contributed by atoms with Crippen LogP contribution in [0.25, 0.3) is 0 Å². The van der Waals surface area contributed by atoms with Crippen molar-refractivity contribution in [3.05, 3.63) is 39.4 Å². The number of benzene rings is 1. The minimum atomic E-state index is -0.404. The molecule has 13 heavy (non-hydrogen) atoms. The zero-order valence-corrected chi connectivity index (χ0v) is 7.65. The zero-order chi connectivity index (χ0) is 10.0. The van der Waals surface area contributed by atoms with Crippen molar-refractivity contribution < 1.29 is 4.92 Å². The zero-order valence-electron chi connectivity index (χ0n) is 7.65. The van der Waals surface area contributed by atoms with Gasteiger partial charge in [-0.3, -0.25) is 10.1 Å². The van der Waals surface area contributed by atoms with Gasteiger partial charge in [0.1, 0.15) is 0 Å². The van der Waals surface area contributed by atoms with Crippen molar-refractivity contribution in [3.63, 3.8) is 0 Å². The highest BCUT2D eigenvalue weighted by Crippen LogP contribution is 2.20. The Bertz CT molecular complexity index is 334. The number of non-ortho nitro benzene ring substituents is 1. The molecule has 0 aliphatic rings. The average molecular weight is 180 g/mol. The Kier molecular flexibility index (Phi) is 2.63. The number of nitro groups is 1. The lowest BCUT2D eigenvalue weighted by atomic mass is 10.1. The van der Waals surface area contributed by atoms with Gasteiger partial charge in [-0.15, -0.1) is 0 Å². The highest BCUT2D eigenvalue weighted by Gasteiger charge is 2.09. The fraction of sp³-hybridized carbons (Fsp3) is 0.333. The van der Waals surface area contributed by atoms with Crippen LogP contribution in [0.3, 0.4) is 0 Å². The Morgan fingerprint density at radius 3 is 2.54 bits per heavy atom. The monoisotopic (exact) mass is 180 g/mol. The lowest BCUT2D eigenvalue weighted by molar-refractivity contribution is -0.385. The summed E-state index contributed by atoms with van der Waals surface area (Å²) in [4.78, 5) is 10.1. The number of aryl methyl sites for hydroxylation is 1. The summed E-state index contributed by atoms with van der Waals surface area (Å²) in [7, 11) is 0. The van der Waals surface area contributed by atoms with E-state index in [1.807, 2.05) is 13.0 Å². The molecule has 4 nitrogen and oxygen atoms in total. The first kappa shape index (κ1) is 9.67. The van der Waals surface area contributed by atoms with Gasteiger partial charge in [0.15, 0.2) is 0 Å². The van der Waals surface area contributed by atoms with Gasteiger partial charge in [0, 0.05) is 18.2 Å². The molecule has 0 fully saturated rings. The molecule has 0 unspecified atom stereocenters. The Morgan fingerprint density at radius 2 is 2.08 bits per heavy atom. The fourth-order valence-corrected chi connectivity index (χ4v) is 1.16. The summed E-state index contributed by atoms with van der Waals surface area (Å²) in [5.74, 6) is 0. The van der Waals surface area contributed by atoms with E-state index in [0.717, 1.165) is 11.1 Å². The van der Waals surface area contributed by atoms with Gasteiger partial charge < -0.3 is 5.73 Å². The highest BCUT2D eigenvalue weighted by molar-refractivity contribution is 5.39. The summed E-state index contributed by atoms with van der Waals surface area (Å²) in [6.45, 7) is 3.62. The summed E-state index contributed by atoms with van der Waals surface area (Å²) in [6.07, 6.45) is 0. The molecule has 0 spiro atoms. The van der Waals surface area contributed by atoms with Crippen molar-refractivity contribution in [1.82, 2.24) is 0 Å². The number of hydrogen-bond donors (Lipinski definition) is 1. The third kappa shape index (κ3) is 2.26. The van der Waals surface area contributed by atoms with Crippen molar-refractivity contribution in [2.24, 2.45) is 5.73 Å². The van der Waals surface area contributed by atoms with E-state index in [9.17, 15) is 10.1 Å². The quantitative estimate of drug-likeness (QED) is 0.558. The normalized spacial score (nSPS) is 12.5. The summed E-state index contributed by atoms with van der Waals surface area (Å²) in [6, 6.07) is 4.74. The largest absolute Gasteiger partial charge is 0.324 e. The predicted molar refractivity (Wildman–Crippen MR) is 50.4 cm³/mol. The van der Waals surface area contributed by atoms with E-state index in [1.165, 1.54) is 12.1 Å². The molecule has 2 N–H and O–H groups in total. The van der Waals surface area contributed by atoms with Crippen molar-refractivity contribution in [1.29, 1.82) is 0 Å². The fourth-order valence-electron chi connectivity index (χ4n) is 1.16. The Labute approximate surface area is 76.5 Å². The minimum absolute atomic E-state index is 0.104. The second kappa shape index (κ2) is 3.53. The van der Waals surface area contributed by atoms with Gasteiger partial charge in [-0.2, -0.15) is 0 Å². The van der Waals surface area contributed by atoms with E-state index >= 15 is 0 Å². The van der Waals surface area contributed by atoms with Crippen LogP contribution in [-0.2, 0) is 0 Å². The van der Waals surface area contributed by atoms with Crippen molar-refractivity contribution in [2.75, 3.05) is 0 Å². The maximum absolute atomic E-state index is 10.5. The predicted octanol–water partition coefficient (Wildman–Crippen LogP) is 1.92. The standard InChI is InChI=1S/C9H12N2O2/c1-6-3-8(7(2)10)5-9(4-6)11(12)13/h3-5,7H,10H2,1-2H3/t7-/m1/s1. The van der Waals surface area contributed by atoms with Crippen LogP contribution in [0.4, 0.5) is 5.69 Å². The first-order valence-electron chi connectivity index (χ1n) is 4.02. The number of nitrogens with two attached hydrogens (primary N) is 1. The minimum Gasteiger partial charge on any atom is -0.324 e. The summed E-state index contributed by atoms with van der Waals surface area (Å²) >= 11 is 0. The SMILES string of the molecule is Cc1cc([C@@H](C)N)cc([N+](=O)[O-])c1. The van der Waals surface area contributed by atoms with Crippen LogP contribution in [0.15, 0.2) is 18.2 Å². The first-order chi connectivity index (χ1) is 6.00. The van der Waals surface area contributed by atoms with Gasteiger partial charge >= 0.3 is 0 Å².